The summed E-state index contributed by atoms with van der Waals surface area (Å²) in [7, 11) is 0. The van der Waals surface area contributed by atoms with Crippen LogP contribution in [0.1, 0.15) is 22.7 Å². The Bertz CT molecular complexity index is 596. The number of hydrazine groups is 1. The van der Waals surface area contributed by atoms with Gasteiger partial charge >= 0.3 is 6.18 Å². The van der Waals surface area contributed by atoms with Crippen LogP contribution in [0.4, 0.5) is 17.6 Å². The number of hydrogen-bond acceptors (Lipinski definition) is 2. The summed E-state index contributed by atoms with van der Waals surface area (Å²) in [6, 6.07) is 9.43. The van der Waals surface area contributed by atoms with Crippen molar-refractivity contribution in [1.29, 1.82) is 0 Å². The molecule has 2 aromatic carbocycles. The average molecular weight is 284 g/mol. The number of nitrogens with one attached hydrogen (secondary N) is 1. The maximum atomic E-state index is 13.2. The molecule has 1 atom stereocenters. The van der Waals surface area contributed by atoms with Gasteiger partial charge in [-0.05, 0) is 29.3 Å². The third-order valence-electron chi connectivity index (χ3n) is 2.93. The maximum Gasteiger partial charge on any atom is 0.416 e. The second-order valence-electron chi connectivity index (χ2n) is 4.24. The fraction of sp³-hybridized carbons (Fsp3) is 0.143. The Kier molecular flexibility index (Phi) is 4.06. The number of benzene rings is 2. The van der Waals surface area contributed by atoms with Crippen LogP contribution < -0.4 is 11.3 Å². The number of alkyl halides is 3. The lowest BCUT2D eigenvalue weighted by molar-refractivity contribution is -0.138. The van der Waals surface area contributed by atoms with Crippen LogP contribution in [0.2, 0.25) is 0 Å². The van der Waals surface area contributed by atoms with Crippen molar-refractivity contribution in [2.24, 2.45) is 5.84 Å². The van der Waals surface area contributed by atoms with Gasteiger partial charge in [0.15, 0.2) is 0 Å². The van der Waals surface area contributed by atoms with E-state index in [1.807, 2.05) is 0 Å². The molecule has 0 aliphatic heterocycles. The van der Waals surface area contributed by atoms with Crippen LogP contribution in [-0.4, -0.2) is 0 Å². The zero-order chi connectivity index (χ0) is 14.8. The fourth-order valence-corrected chi connectivity index (χ4v) is 2.06. The predicted molar refractivity (Wildman–Crippen MR) is 67.0 cm³/mol. The second-order valence-corrected chi connectivity index (χ2v) is 4.24. The molecule has 0 bridgehead atoms. The molecular formula is C14H12F4N2. The molecule has 0 saturated heterocycles. The van der Waals surface area contributed by atoms with E-state index in [1.165, 1.54) is 36.4 Å². The molecule has 2 nitrogen and oxygen atoms in total. The van der Waals surface area contributed by atoms with E-state index in [2.05, 4.69) is 5.43 Å². The van der Waals surface area contributed by atoms with Gasteiger partial charge in [-0.15, -0.1) is 0 Å². The van der Waals surface area contributed by atoms with Gasteiger partial charge in [-0.1, -0.05) is 30.3 Å². The highest BCUT2D eigenvalue weighted by Gasteiger charge is 2.35. The van der Waals surface area contributed by atoms with E-state index < -0.39 is 23.6 Å². The van der Waals surface area contributed by atoms with Gasteiger partial charge in [0.2, 0.25) is 0 Å². The van der Waals surface area contributed by atoms with Gasteiger partial charge in [0, 0.05) is 0 Å². The Labute approximate surface area is 113 Å². The zero-order valence-electron chi connectivity index (χ0n) is 10.3. The number of nitrogens with two attached hydrogens (primary N) is 1. The summed E-state index contributed by atoms with van der Waals surface area (Å²) < 4.78 is 52.2. The molecule has 0 heterocycles. The first-order valence-corrected chi connectivity index (χ1v) is 5.81. The van der Waals surface area contributed by atoms with Crippen molar-refractivity contribution in [2.75, 3.05) is 0 Å². The lowest BCUT2D eigenvalue weighted by Gasteiger charge is -2.21. The van der Waals surface area contributed by atoms with Gasteiger partial charge in [-0.2, -0.15) is 13.2 Å². The molecule has 106 valence electrons. The quantitative estimate of drug-likeness (QED) is 0.515. The Hall–Kier alpha value is -1.92. The van der Waals surface area contributed by atoms with Crippen molar-refractivity contribution in [3.8, 4) is 0 Å². The summed E-state index contributed by atoms with van der Waals surface area (Å²) in [5.41, 5.74) is 1.78. The summed E-state index contributed by atoms with van der Waals surface area (Å²) >= 11 is 0. The first kappa shape index (κ1) is 14.5. The van der Waals surface area contributed by atoms with Crippen LogP contribution in [0, 0.1) is 5.82 Å². The molecule has 0 spiro atoms. The minimum Gasteiger partial charge on any atom is -0.271 e. The molecule has 0 aliphatic carbocycles. The minimum absolute atomic E-state index is 0.0481. The molecule has 0 saturated carbocycles. The predicted octanol–water partition coefficient (Wildman–Crippen LogP) is 3.40. The van der Waals surface area contributed by atoms with E-state index >= 15 is 0 Å². The van der Waals surface area contributed by atoms with E-state index in [-0.39, 0.29) is 5.56 Å². The highest BCUT2D eigenvalue weighted by Crippen LogP contribution is 2.36. The highest BCUT2D eigenvalue weighted by molar-refractivity contribution is 5.38. The minimum atomic E-state index is -4.50. The van der Waals surface area contributed by atoms with Gasteiger partial charge in [-0.25, -0.2) is 9.82 Å². The number of rotatable bonds is 3. The van der Waals surface area contributed by atoms with Gasteiger partial charge < -0.3 is 0 Å². The Morgan fingerprint density at radius 3 is 2.30 bits per heavy atom. The smallest absolute Gasteiger partial charge is 0.271 e. The third kappa shape index (κ3) is 2.97. The van der Waals surface area contributed by atoms with E-state index in [0.29, 0.717) is 5.56 Å². The summed E-state index contributed by atoms with van der Waals surface area (Å²) in [5, 5.41) is 0. The van der Waals surface area contributed by atoms with Crippen molar-refractivity contribution in [2.45, 2.75) is 12.2 Å². The lowest BCUT2D eigenvalue weighted by atomic mass is 9.94. The molecular weight excluding hydrogens is 272 g/mol. The molecule has 2 aromatic rings. The van der Waals surface area contributed by atoms with Crippen molar-refractivity contribution in [3.63, 3.8) is 0 Å². The van der Waals surface area contributed by atoms with E-state index in [4.69, 9.17) is 5.84 Å². The molecule has 3 N–H and O–H groups in total. The van der Waals surface area contributed by atoms with Crippen LogP contribution in [-0.2, 0) is 6.18 Å². The Balaban J connectivity index is 2.53. The first-order chi connectivity index (χ1) is 9.43. The Morgan fingerprint density at radius 2 is 1.70 bits per heavy atom. The molecule has 2 rings (SSSR count). The van der Waals surface area contributed by atoms with Crippen molar-refractivity contribution < 1.29 is 17.6 Å². The van der Waals surface area contributed by atoms with Crippen molar-refractivity contribution >= 4 is 0 Å². The standard InChI is InChI=1S/C14H12F4N2/c15-10-5-3-4-9(8-10)13(20-19)11-6-1-2-7-12(11)14(16,17)18/h1-8,13,20H,19H2. The molecule has 0 aromatic heterocycles. The molecule has 0 aliphatic rings. The molecule has 0 amide bonds. The largest absolute Gasteiger partial charge is 0.416 e. The number of halogens is 4. The van der Waals surface area contributed by atoms with Crippen molar-refractivity contribution in [1.82, 2.24) is 5.43 Å². The van der Waals surface area contributed by atoms with Gasteiger partial charge in [0.1, 0.15) is 5.82 Å². The summed E-state index contributed by atoms with van der Waals surface area (Å²) in [5.74, 6) is 4.82. The second kappa shape index (κ2) is 5.60. The highest BCUT2D eigenvalue weighted by atomic mass is 19.4. The fourth-order valence-electron chi connectivity index (χ4n) is 2.06. The number of hydrogen-bond donors (Lipinski definition) is 2. The summed E-state index contributed by atoms with van der Waals surface area (Å²) in [4.78, 5) is 0. The molecule has 1 unspecified atom stereocenters. The van der Waals surface area contributed by atoms with Crippen molar-refractivity contribution in [3.05, 3.63) is 71.0 Å². The third-order valence-corrected chi connectivity index (χ3v) is 2.93. The molecule has 6 heteroatoms. The van der Waals surface area contributed by atoms with E-state index in [9.17, 15) is 17.6 Å². The lowest BCUT2D eigenvalue weighted by Crippen LogP contribution is -2.30. The molecule has 0 fully saturated rings. The summed E-state index contributed by atoms with van der Waals surface area (Å²) in [6.45, 7) is 0. The van der Waals surface area contributed by atoms with Crippen LogP contribution >= 0.6 is 0 Å². The molecule has 20 heavy (non-hydrogen) atoms. The van der Waals surface area contributed by atoms with Gasteiger partial charge in [0.05, 0.1) is 11.6 Å². The van der Waals surface area contributed by atoms with E-state index in [0.717, 1.165) is 12.1 Å². The van der Waals surface area contributed by atoms with Gasteiger partial charge in [-0.3, -0.25) is 5.84 Å². The average Bonchev–Trinajstić information content (AvgIpc) is 2.39. The molecule has 0 radical (unpaired) electrons. The maximum absolute atomic E-state index is 13.2. The Morgan fingerprint density at radius 1 is 1.00 bits per heavy atom. The van der Waals surface area contributed by atoms with Crippen LogP contribution in [0.25, 0.3) is 0 Å². The summed E-state index contributed by atoms with van der Waals surface area (Å²) in [6.07, 6.45) is -4.50. The van der Waals surface area contributed by atoms with Crippen LogP contribution in [0.3, 0.4) is 0 Å². The van der Waals surface area contributed by atoms with E-state index in [1.54, 1.807) is 0 Å². The normalized spacial score (nSPS) is 13.2. The van der Waals surface area contributed by atoms with Crippen LogP contribution in [0.5, 0.6) is 0 Å². The van der Waals surface area contributed by atoms with Crippen LogP contribution in [0.15, 0.2) is 48.5 Å². The van der Waals surface area contributed by atoms with Gasteiger partial charge in [0.25, 0.3) is 0 Å². The first-order valence-electron chi connectivity index (χ1n) is 5.81. The zero-order valence-corrected chi connectivity index (χ0v) is 10.3. The SMILES string of the molecule is NNC(c1cccc(F)c1)c1ccccc1C(F)(F)F. The topological polar surface area (TPSA) is 38.0 Å². The monoisotopic (exact) mass is 284 g/mol.